The molecule has 0 fully saturated rings. The van der Waals surface area contributed by atoms with Gasteiger partial charge in [0.2, 0.25) is 0 Å². The van der Waals surface area contributed by atoms with Crippen LogP contribution in [0.5, 0.6) is 0 Å². The van der Waals surface area contributed by atoms with Gasteiger partial charge in [0.15, 0.2) is 10.3 Å². The van der Waals surface area contributed by atoms with Crippen LogP contribution in [0.4, 0.5) is 23.4 Å². The number of thiazole rings is 2. The third-order valence-electron chi connectivity index (χ3n) is 3.35. The maximum Gasteiger partial charge on any atom is 0.471 e. The third-order valence-corrected chi connectivity index (χ3v) is 5.53. The highest BCUT2D eigenvalue weighted by Crippen LogP contribution is 2.35. The minimum absolute atomic E-state index is 0.188. The Morgan fingerprint density at radius 1 is 1.11 bits per heavy atom. The largest absolute Gasteiger partial charge is 0.471 e. The van der Waals surface area contributed by atoms with Crippen LogP contribution in [0.2, 0.25) is 5.02 Å². The summed E-state index contributed by atoms with van der Waals surface area (Å²) < 4.78 is 37.0. The van der Waals surface area contributed by atoms with Gasteiger partial charge in [-0.15, -0.1) is 11.3 Å². The summed E-state index contributed by atoms with van der Waals surface area (Å²) in [6.07, 6.45) is -5.00. The number of benzene rings is 1. The molecule has 0 radical (unpaired) electrons. The SMILES string of the molecule is Cc1nc(NC(=O)c2ccccc2Cl)sc1-c1csc(NC(=O)C(F)(F)F)n1. The van der Waals surface area contributed by atoms with Crippen molar-refractivity contribution in [2.45, 2.75) is 13.1 Å². The summed E-state index contributed by atoms with van der Waals surface area (Å²) in [4.78, 5) is 32.1. The van der Waals surface area contributed by atoms with E-state index >= 15 is 0 Å². The molecule has 0 aliphatic carbocycles. The van der Waals surface area contributed by atoms with Crippen molar-refractivity contribution >= 4 is 56.4 Å². The van der Waals surface area contributed by atoms with E-state index < -0.39 is 18.0 Å². The highest BCUT2D eigenvalue weighted by atomic mass is 35.5. The van der Waals surface area contributed by atoms with Gasteiger partial charge in [0.25, 0.3) is 5.91 Å². The first-order valence-electron chi connectivity index (χ1n) is 7.52. The molecule has 3 rings (SSSR count). The standard InChI is InChI=1S/C16H10ClF3N4O2S2/c1-7-11(10-6-27-14(22-10)24-13(26)16(18,19)20)28-15(21-7)23-12(25)8-4-2-3-5-9(8)17/h2-6H,1H3,(H,21,23,25)(H,22,24,26). The van der Waals surface area contributed by atoms with E-state index in [1.54, 1.807) is 36.5 Å². The molecular formula is C16H10ClF3N4O2S2. The van der Waals surface area contributed by atoms with Crippen molar-refractivity contribution < 1.29 is 22.8 Å². The zero-order chi connectivity index (χ0) is 20.5. The van der Waals surface area contributed by atoms with E-state index in [9.17, 15) is 22.8 Å². The summed E-state index contributed by atoms with van der Waals surface area (Å²) in [6, 6.07) is 6.52. The molecule has 2 N–H and O–H groups in total. The number of carbonyl (C=O) groups is 2. The first-order valence-corrected chi connectivity index (χ1v) is 9.60. The van der Waals surface area contributed by atoms with Gasteiger partial charge in [0.1, 0.15) is 0 Å². The molecule has 28 heavy (non-hydrogen) atoms. The van der Waals surface area contributed by atoms with E-state index in [1.165, 1.54) is 5.38 Å². The lowest BCUT2D eigenvalue weighted by atomic mass is 10.2. The predicted molar refractivity (Wildman–Crippen MR) is 102 cm³/mol. The number of nitrogens with zero attached hydrogens (tertiary/aromatic N) is 2. The van der Waals surface area contributed by atoms with Crippen LogP contribution in [-0.2, 0) is 4.79 Å². The Morgan fingerprint density at radius 2 is 1.82 bits per heavy atom. The molecule has 6 nitrogen and oxygen atoms in total. The number of halogens is 4. The Hall–Kier alpha value is -2.50. The van der Waals surface area contributed by atoms with Gasteiger partial charge in [0.05, 0.1) is 26.9 Å². The Labute approximate surface area is 169 Å². The van der Waals surface area contributed by atoms with E-state index in [1.807, 2.05) is 0 Å². The third kappa shape index (κ3) is 4.49. The van der Waals surface area contributed by atoms with Crippen molar-refractivity contribution in [3.8, 4) is 10.6 Å². The van der Waals surface area contributed by atoms with E-state index in [0.717, 1.165) is 22.7 Å². The molecule has 2 heterocycles. The van der Waals surface area contributed by atoms with Crippen molar-refractivity contribution in [3.05, 3.63) is 45.9 Å². The van der Waals surface area contributed by atoms with E-state index in [-0.39, 0.29) is 20.8 Å². The molecule has 3 aromatic rings. The van der Waals surface area contributed by atoms with Crippen LogP contribution in [0.3, 0.4) is 0 Å². The van der Waals surface area contributed by atoms with Gasteiger partial charge in [-0.3, -0.25) is 20.2 Å². The topological polar surface area (TPSA) is 84.0 Å². The monoisotopic (exact) mass is 446 g/mol. The van der Waals surface area contributed by atoms with Gasteiger partial charge < -0.3 is 0 Å². The summed E-state index contributed by atoms with van der Waals surface area (Å²) in [5.74, 6) is -2.54. The second-order valence-corrected chi connectivity index (χ2v) is 7.62. The zero-order valence-electron chi connectivity index (χ0n) is 13.9. The Morgan fingerprint density at radius 3 is 2.50 bits per heavy atom. The molecule has 0 saturated heterocycles. The zero-order valence-corrected chi connectivity index (χ0v) is 16.3. The molecule has 146 valence electrons. The van der Waals surface area contributed by atoms with Gasteiger partial charge in [-0.1, -0.05) is 35.1 Å². The fourth-order valence-corrected chi connectivity index (χ4v) is 4.02. The highest BCUT2D eigenvalue weighted by Gasteiger charge is 2.39. The Kier molecular flexibility index (Phi) is 5.68. The number of anilines is 2. The fraction of sp³-hybridized carbons (Fsp3) is 0.125. The van der Waals surface area contributed by atoms with Gasteiger partial charge >= 0.3 is 12.1 Å². The number of amides is 2. The van der Waals surface area contributed by atoms with Crippen molar-refractivity contribution in [1.29, 1.82) is 0 Å². The molecule has 0 spiro atoms. The number of alkyl halides is 3. The second-order valence-electron chi connectivity index (χ2n) is 5.36. The normalized spacial score (nSPS) is 11.3. The van der Waals surface area contributed by atoms with Crippen LogP contribution in [0, 0.1) is 6.92 Å². The minimum atomic E-state index is -5.00. The molecule has 0 atom stereocenters. The van der Waals surface area contributed by atoms with Gasteiger partial charge in [-0.05, 0) is 19.1 Å². The Bertz CT molecular complexity index is 1050. The van der Waals surface area contributed by atoms with Crippen molar-refractivity contribution in [2.75, 3.05) is 10.6 Å². The van der Waals surface area contributed by atoms with Crippen LogP contribution >= 0.6 is 34.3 Å². The number of hydrogen-bond acceptors (Lipinski definition) is 6. The molecule has 0 saturated carbocycles. The number of aromatic nitrogens is 2. The number of rotatable bonds is 4. The molecule has 12 heteroatoms. The maximum absolute atomic E-state index is 12.3. The average molecular weight is 447 g/mol. The fourth-order valence-electron chi connectivity index (χ4n) is 2.10. The van der Waals surface area contributed by atoms with Gasteiger partial charge in [-0.2, -0.15) is 13.2 Å². The number of aryl methyl sites for hydroxylation is 1. The molecule has 0 unspecified atom stereocenters. The molecular weight excluding hydrogens is 437 g/mol. The van der Waals surface area contributed by atoms with Crippen LogP contribution in [-0.4, -0.2) is 28.0 Å². The van der Waals surface area contributed by atoms with E-state index in [4.69, 9.17) is 11.6 Å². The molecule has 1 aromatic carbocycles. The van der Waals surface area contributed by atoms with Gasteiger partial charge in [0, 0.05) is 5.38 Å². The molecule has 2 amide bonds. The lowest BCUT2D eigenvalue weighted by Crippen LogP contribution is -2.29. The summed E-state index contributed by atoms with van der Waals surface area (Å²) >= 11 is 7.95. The second kappa shape index (κ2) is 7.86. The molecule has 0 bridgehead atoms. The van der Waals surface area contributed by atoms with E-state index in [0.29, 0.717) is 16.3 Å². The number of nitrogens with one attached hydrogen (secondary N) is 2. The first kappa shape index (κ1) is 20.2. The lowest BCUT2D eigenvalue weighted by Gasteiger charge is -2.04. The summed E-state index contributed by atoms with van der Waals surface area (Å²) in [7, 11) is 0. The predicted octanol–water partition coefficient (Wildman–Crippen LogP) is 4.98. The minimum Gasteiger partial charge on any atom is -0.298 e. The molecule has 0 aliphatic heterocycles. The smallest absolute Gasteiger partial charge is 0.298 e. The van der Waals surface area contributed by atoms with Crippen LogP contribution in [0.1, 0.15) is 16.1 Å². The quantitative estimate of drug-likeness (QED) is 0.592. The summed E-state index contributed by atoms with van der Waals surface area (Å²) in [6.45, 7) is 1.67. The van der Waals surface area contributed by atoms with E-state index in [2.05, 4.69) is 15.3 Å². The number of hydrogen-bond donors (Lipinski definition) is 2. The molecule has 2 aromatic heterocycles. The van der Waals surface area contributed by atoms with Crippen molar-refractivity contribution in [1.82, 2.24) is 9.97 Å². The molecule has 0 aliphatic rings. The summed E-state index contributed by atoms with van der Waals surface area (Å²) in [5.41, 5.74) is 1.15. The average Bonchev–Trinajstić information content (AvgIpc) is 3.20. The summed E-state index contributed by atoms with van der Waals surface area (Å²) in [5, 5.41) is 6.21. The lowest BCUT2D eigenvalue weighted by molar-refractivity contribution is -0.167. The van der Waals surface area contributed by atoms with Crippen molar-refractivity contribution in [3.63, 3.8) is 0 Å². The highest BCUT2D eigenvalue weighted by molar-refractivity contribution is 7.20. The first-order chi connectivity index (χ1) is 13.1. The Balaban J connectivity index is 1.77. The van der Waals surface area contributed by atoms with Crippen LogP contribution in [0.25, 0.3) is 10.6 Å². The maximum atomic E-state index is 12.3. The van der Waals surface area contributed by atoms with Crippen LogP contribution < -0.4 is 10.6 Å². The van der Waals surface area contributed by atoms with Gasteiger partial charge in [-0.25, -0.2) is 9.97 Å². The van der Waals surface area contributed by atoms with Crippen molar-refractivity contribution in [2.24, 2.45) is 0 Å². The number of carbonyl (C=O) groups excluding carboxylic acids is 2. The van der Waals surface area contributed by atoms with Crippen LogP contribution in [0.15, 0.2) is 29.6 Å².